The highest BCUT2D eigenvalue weighted by Gasteiger charge is 2.12. The molecular weight excluding hydrogens is 420 g/mol. The largest absolute Gasteiger partial charge is 0.361 e. The maximum absolute atomic E-state index is 12.9. The van der Waals surface area contributed by atoms with Gasteiger partial charge in [0.2, 0.25) is 5.91 Å². The van der Waals surface area contributed by atoms with Crippen molar-refractivity contribution in [3.63, 3.8) is 0 Å². The Labute approximate surface area is 188 Å². The van der Waals surface area contributed by atoms with E-state index < -0.39 is 0 Å². The van der Waals surface area contributed by atoms with E-state index in [1.807, 2.05) is 36.5 Å². The minimum atomic E-state index is -0.348. The number of imidazole rings is 1. The molecule has 1 amide bonds. The summed E-state index contributed by atoms with van der Waals surface area (Å²) in [5.74, 6) is -0.0873. The molecule has 4 heterocycles. The number of hydrogen-bond acceptors (Lipinski definition) is 6. The van der Waals surface area contributed by atoms with Gasteiger partial charge in [-0.15, -0.1) is 0 Å². The highest BCUT2D eigenvalue weighted by atomic mass is 16.2. The van der Waals surface area contributed by atoms with Crippen LogP contribution in [0.3, 0.4) is 0 Å². The van der Waals surface area contributed by atoms with Crippen LogP contribution in [0.4, 0.5) is 5.82 Å². The zero-order valence-corrected chi connectivity index (χ0v) is 17.9. The van der Waals surface area contributed by atoms with Crippen LogP contribution < -0.4 is 16.2 Å². The lowest BCUT2D eigenvalue weighted by molar-refractivity contribution is -0.121. The zero-order valence-electron chi connectivity index (χ0n) is 17.9. The van der Waals surface area contributed by atoms with Gasteiger partial charge in [0.25, 0.3) is 5.56 Å². The maximum Gasteiger partial charge on any atom is 0.293 e. The summed E-state index contributed by atoms with van der Waals surface area (Å²) in [6, 6.07) is 9.68. The second-order valence-corrected chi connectivity index (χ2v) is 7.76. The van der Waals surface area contributed by atoms with E-state index in [9.17, 15) is 9.59 Å². The lowest BCUT2D eigenvalue weighted by Crippen LogP contribution is -2.34. The number of carbonyl (C=O) groups is 1. The molecule has 10 nitrogen and oxygen atoms in total. The van der Waals surface area contributed by atoms with Crippen molar-refractivity contribution in [2.24, 2.45) is 0 Å². The molecule has 0 radical (unpaired) electrons. The number of amides is 1. The first kappa shape index (κ1) is 20.4. The zero-order chi connectivity index (χ0) is 22.8. The molecule has 166 valence electrons. The number of hydrogen-bond donors (Lipinski definition) is 4. The first-order valence-corrected chi connectivity index (χ1v) is 10.5. The predicted molar refractivity (Wildman–Crippen MR) is 125 cm³/mol. The summed E-state index contributed by atoms with van der Waals surface area (Å²) in [6.45, 7) is 2.34. The quantitative estimate of drug-likeness (QED) is 0.305. The average Bonchev–Trinajstić information content (AvgIpc) is 3.48. The number of H-pyrrole nitrogens is 2. The predicted octanol–water partition coefficient (Wildman–Crippen LogP) is 2.23. The van der Waals surface area contributed by atoms with Crippen LogP contribution >= 0.6 is 0 Å². The van der Waals surface area contributed by atoms with Gasteiger partial charge >= 0.3 is 0 Å². The molecule has 0 aliphatic rings. The fraction of sp³-hybridized carbons (Fsp3) is 0.174. The van der Waals surface area contributed by atoms with E-state index in [2.05, 4.69) is 35.6 Å². The molecule has 5 rings (SSSR count). The third kappa shape index (κ3) is 4.31. The lowest BCUT2D eigenvalue weighted by Gasteiger charge is -2.12. The smallest absolute Gasteiger partial charge is 0.293 e. The van der Waals surface area contributed by atoms with Gasteiger partial charge in [0, 0.05) is 30.0 Å². The summed E-state index contributed by atoms with van der Waals surface area (Å²) < 4.78 is 1.41. The average molecular weight is 442 g/mol. The Hall–Kier alpha value is -4.47. The van der Waals surface area contributed by atoms with Crippen LogP contribution in [-0.4, -0.2) is 35.4 Å². The summed E-state index contributed by atoms with van der Waals surface area (Å²) in [7, 11) is 0. The van der Waals surface area contributed by atoms with Gasteiger partial charge in [-0.05, 0) is 36.8 Å². The van der Waals surface area contributed by atoms with Crippen molar-refractivity contribution >= 4 is 33.7 Å². The summed E-state index contributed by atoms with van der Waals surface area (Å²) in [5, 5.41) is 6.93. The number of aromatic amines is 2. The van der Waals surface area contributed by atoms with Gasteiger partial charge in [-0.1, -0.05) is 6.07 Å². The molecule has 0 saturated heterocycles. The molecule has 33 heavy (non-hydrogen) atoms. The van der Waals surface area contributed by atoms with E-state index in [-0.39, 0.29) is 30.4 Å². The third-order valence-electron chi connectivity index (χ3n) is 5.46. The number of nitrogens with one attached hydrogen (secondary N) is 4. The standard InChI is InChI=1S/C23H22N8O2/c1-14-8-27-22(28-9-15-2-3-18-19(6-15)30-13-29-18)23(33)31(14)12-21(32)26-10-17-7-16-4-5-24-20(16)11-25-17/h2-8,11,13,24H,9-10,12H2,1H3,(H,26,32)(H,27,28)(H,29,30). The van der Waals surface area contributed by atoms with Crippen molar-refractivity contribution in [2.75, 3.05) is 5.32 Å². The molecular formula is C23H22N8O2. The molecule has 1 aromatic carbocycles. The second-order valence-electron chi connectivity index (χ2n) is 7.76. The highest BCUT2D eigenvalue weighted by molar-refractivity contribution is 5.79. The van der Waals surface area contributed by atoms with Crippen LogP contribution in [-0.2, 0) is 24.4 Å². The van der Waals surface area contributed by atoms with E-state index in [1.54, 1.807) is 25.6 Å². The molecule has 10 heteroatoms. The number of nitrogens with zero attached hydrogens (tertiary/aromatic N) is 4. The Bertz CT molecular complexity index is 1510. The Morgan fingerprint density at radius 3 is 2.85 bits per heavy atom. The Kier molecular flexibility index (Phi) is 5.31. The summed E-state index contributed by atoms with van der Waals surface area (Å²) >= 11 is 0. The van der Waals surface area contributed by atoms with Crippen LogP contribution in [0.2, 0.25) is 0 Å². The van der Waals surface area contributed by atoms with E-state index >= 15 is 0 Å². The summed E-state index contributed by atoms with van der Waals surface area (Å²) in [4.78, 5) is 44.4. The molecule has 0 aliphatic heterocycles. The topological polar surface area (TPSA) is 133 Å². The minimum absolute atomic E-state index is 0.103. The first-order valence-electron chi connectivity index (χ1n) is 10.5. The number of aryl methyl sites for hydroxylation is 1. The second kappa shape index (κ2) is 8.58. The van der Waals surface area contributed by atoms with Crippen LogP contribution in [0.15, 0.2) is 60.0 Å². The monoisotopic (exact) mass is 442 g/mol. The number of carbonyl (C=O) groups excluding carboxylic acids is 1. The van der Waals surface area contributed by atoms with Crippen molar-refractivity contribution in [3.05, 3.63) is 82.6 Å². The summed E-state index contributed by atoms with van der Waals surface area (Å²) in [6.07, 6.45) is 6.79. The Morgan fingerprint density at radius 1 is 1.03 bits per heavy atom. The first-order chi connectivity index (χ1) is 16.1. The number of rotatable bonds is 7. The molecule has 0 unspecified atom stereocenters. The Balaban J connectivity index is 1.25. The number of benzene rings is 1. The number of anilines is 1. The highest BCUT2D eigenvalue weighted by Crippen LogP contribution is 2.13. The number of aromatic nitrogens is 6. The van der Waals surface area contributed by atoms with Gasteiger partial charge in [0.1, 0.15) is 6.54 Å². The van der Waals surface area contributed by atoms with E-state index in [0.29, 0.717) is 12.2 Å². The van der Waals surface area contributed by atoms with Gasteiger partial charge in [0.05, 0.1) is 41.3 Å². The molecule has 0 spiro atoms. The fourth-order valence-electron chi connectivity index (χ4n) is 3.65. The maximum atomic E-state index is 12.9. The van der Waals surface area contributed by atoms with Gasteiger partial charge < -0.3 is 20.6 Å². The lowest BCUT2D eigenvalue weighted by atomic mass is 10.2. The van der Waals surface area contributed by atoms with E-state index in [4.69, 9.17) is 0 Å². The van der Waals surface area contributed by atoms with Crippen molar-refractivity contribution in [1.82, 2.24) is 34.8 Å². The van der Waals surface area contributed by atoms with Crippen molar-refractivity contribution in [2.45, 2.75) is 26.6 Å². The third-order valence-corrected chi connectivity index (χ3v) is 5.46. The molecule has 0 bridgehead atoms. The van der Waals surface area contributed by atoms with Crippen molar-refractivity contribution < 1.29 is 4.79 Å². The molecule has 4 aromatic heterocycles. The van der Waals surface area contributed by atoms with Crippen LogP contribution in [0.5, 0.6) is 0 Å². The van der Waals surface area contributed by atoms with Crippen molar-refractivity contribution in [1.29, 1.82) is 0 Å². The molecule has 0 atom stereocenters. The number of fused-ring (bicyclic) bond motifs is 2. The molecule has 4 N–H and O–H groups in total. The van der Waals surface area contributed by atoms with Crippen LogP contribution in [0, 0.1) is 6.92 Å². The van der Waals surface area contributed by atoms with Crippen molar-refractivity contribution in [3.8, 4) is 0 Å². The van der Waals surface area contributed by atoms with Crippen LogP contribution in [0.25, 0.3) is 21.9 Å². The SMILES string of the molecule is Cc1cnc(NCc2ccc3nc[nH]c3c2)c(=O)n1CC(=O)NCc1cc2cc[nH]c2cn1. The fourth-order valence-corrected chi connectivity index (χ4v) is 3.65. The molecule has 5 aromatic rings. The normalized spacial score (nSPS) is 11.2. The van der Waals surface area contributed by atoms with E-state index in [0.717, 1.165) is 33.2 Å². The van der Waals surface area contributed by atoms with E-state index in [1.165, 1.54) is 4.57 Å². The van der Waals surface area contributed by atoms with Crippen LogP contribution in [0.1, 0.15) is 17.0 Å². The minimum Gasteiger partial charge on any atom is -0.361 e. The van der Waals surface area contributed by atoms with Gasteiger partial charge in [-0.2, -0.15) is 0 Å². The van der Waals surface area contributed by atoms with Gasteiger partial charge in [-0.3, -0.25) is 19.1 Å². The number of pyridine rings is 1. The van der Waals surface area contributed by atoms with Gasteiger partial charge in [-0.25, -0.2) is 9.97 Å². The molecule has 0 saturated carbocycles. The van der Waals surface area contributed by atoms with Gasteiger partial charge in [0.15, 0.2) is 5.82 Å². The molecule has 0 aliphatic carbocycles. The Morgan fingerprint density at radius 2 is 1.94 bits per heavy atom. The molecule has 0 fully saturated rings. The summed E-state index contributed by atoms with van der Waals surface area (Å²) in [5.41, 5.74) is 4.71.